The lowest BCUT2D eigenvalue weighted by atomic mass is 10.1. The standard InChI is InChI=1S/C19H33N3O2/c1-4-20-19(21-13-6-7-15-24-5-2)22-14-9-11-17-10-8-12-18(16-17)23-3/h8,10,12,16H,4-7,9,11,13-15H2,1-3H3,(H2,20,21,22). The Balaban J connectivity index is 2.26. The second-order valence-corrected chi connectivity index (χ2v) is 5.55. The Kier molecular flexibility index (Phi) is 11.6. The summed E-state index contributed by atoms with van der Waals surface area (Å²) in [6.45, 7) is 8.36. The topological polar surface area (TPSA) is 54.9 Å². The molecule has 0 radical (unpaired) electrons. The van der Waals surface area contributed by atoms with E-state index in [4.69, 9.17) is 9.47 Å². The Bertz CT molecular complexity index is 464. The summed E-state index contributed by atoms with van der Waals surface area (Å²) in [5, 5.41) is 6.67. The normalized spacial score (nSPS) is 11.4. The molecule has 0 fully saturated rings. The smallest absolute Gasteiger partial charge is 0.191 e. The molecule has 0 saturated heterocycles. The summed E-state index contributed by atoms with van der Waals surface area (Å²) in [7, 11) is 1.70. The van der Waals surface area contributed by atoms with Crippen LogP contribution in [0.5, 0.6) is 5.75 Å². The van der Waals surface area contributed by atoms with Crippen LogP contribution in [0.4, 0.5) is 0 Å². The van der Waals surface area contributed by atoms with Crippen molar-refractivity contribution in [3.63, 3.8) is 0 Å². The number of methoxy groups -OCH3 is 1. The first kappa shape index (κ1) is 20.3. The van der Waals surface area contributed by atoms with E-state index < -0.39 is 0 Å². The van der Waals surface area contributed by atoms with Crippen molar-refractivity contribution in [3.05, 3.63) is 29.8 Å². The molecular formula is C19H33N3O2. The van der Waals surface area contributed by atoms with Gasteiger partial charge in [0.1, 0.15) is 5.75 Å². The molecule has 0 atom stereocenters. The summed E-state index contributed by atoms with van der Waals surface area (Å²) in [6.07, 6.45) is 4.20. The summed E-state index contributed by atoms with van der Waals surface area (Å²) < 4.78 is 10.6. The van der Waals surface area contributed by atoms with Crippen LogP contribution in [0.1, 0.15) is 38.7 Å². The molecule has 1 rings (SSSR count). The first-order valence-electron chi connectivity index (χ1n) is 9.03. The van der Waals surface area contributed by atoms with Crippen molar-refractivity contribution in [3.8, 4) is 5.75 Å². The molecule has 0 unspecified atom stereocenters. The van der Waals surface area contributed by atoms with Gasteiger partial charge in [-0.3, -0.25) is 4.99 Å². The number of aliphatic imine (C=N–C) groups is 1. The van der Waals surface area contributed by atoms with E-state index in [0.717, 1.165) is 70.2 Å². The predicted molar refractivity (Wildman–Crippen MR) is 101 cm³/mol. The van der Waals surface area contributed by atoms with E-state index in [9.17, 15) is 0 Å². The fourth-order valence-corrected chi connectivity index (χ4v) is 2.32. The van der Waals surface area contributed by atoms with E-state index in [2.05, 4.69) is 34.7 Å². The van der Waals surface area contributed by atoms with E-state index in [-0.39, 0.29) is 0 Å². The largest absolute Gasteiger partial charge is 0.497 e. The molecule has 0 saturated carbocycles. The molecule has 136 valence electrons. The molecule has 0 bridgehead atoms. The first-order valence-corrected chi connectivity index (χ1v) is 9.03. The monoisotopic (exact) mass is 335 g/mol. The first-order chi connectivity index (χ1) is 11.8. The molecule has 0 spiro atoms. The second kappa shape index (κ2) is 13.7. The number of guanidine groups is 1. The van der Waals surface area contributed by atoms with Crippen molar-refractivity contribution >= 4 is 5.96 Å². The predicted octanol–water partition coefficient (Wildman–Crippen LogP) is 3.00. The van der Waals surface area contributed by atoms with Gasteiger partial charge in [0.15, 0.2) is 5.96 Å². The maximum Gasteiger partial charge on any atom is 0.191 e. The summed E-state index contributed by atoms with van der Waals surface area (Å²) in [6, 6.07) is 8.23. The van der Waals surface area contributed by atoms with E-state index in [1.807, 2.05) is 19.1 Å². The zero-order chi connectivity index (χ0) is 17.5. The zero-order valence-corrected chi connectivity index (χ0v) is 15.4. The molecule has 24 heavy (non-hydrogen) atoms. The highest BCUT2D eigenvalue weighted by Gasteiger charge is 1.98. The van der Waals surface area contributed by atoms with Gasteiger partial charge in [0.2, 0.25) is 0 Å². The van der Waals surface area contributed by atoms with Crippen LogP contribution < -0.4 is 15.4 Å². The fraction of sp³-hybridized carbons (Fsp3) is 0.632. The second-order valence-electron chi connectivity index (χ2n) is 5.55. The lowest BCUT2D eigenvalue weighted by Gasteiger charge is -2.11. The number of benzene rings is 1. The molecule has 0 aliphatic rings. The van der Waals surface area contributed by atoms with Crippen molar-refractivity contribution in [1.82, 2.24) is 10.6 Å². The molecule has 0 amide bonds. The van der Waals surface area contributed by atoms with Crippen LogP contribution in [0.3, 0.4) is 0 Å². The van der Waals surface area contributed by atoms with Gasteiger partial charge in [-0.15, -0.1) is 0 Å². The van der Waals surface area contributed by atoms with Crippen LogP contribution in [0.2, 0.25) is 0 Å². The Labute approximate surface area is 146 Å². The van der Waals surface area contributed by atoms with Crippen molar-refractivity contribution in [2.45, 2.75) is 39.5 Å². The van der Waals surface area contributed by atoms with E-state index in [1.54, 1.807) is 7.11 Å². The van der Waals surface area contributed by atoms with E-state index in [0.29, 0.717) is 0 Å². The van der Waals surface area contributed by atoms with Crippen molar-refractivity contribution < 1.29 is 9.47 Å². The SMILES string of the molecule is CCNC(=NCCCc1cccc(OC)c1)NCCCCOCC. The number of aryl methyl sites for hydroxylation is 1. The third-order valence-electron chi connectivity index (χ3n) is 3.58. The van der Waals surface area contributed by atoms with Crippen LogP contribution in [-0.4, -0.2) is 45.9 Å². The Morgan fingerprint density at radius 1 is 1.12 bits per heavy atom. The molecule has 5 nitrogen and oxygen atoms in total. The van der Waals surface area contributed by atoms with Crippen molar-refractivity contribution in [2.24, 2.45) is 4.99 Å². The third-order valence-corrected chi connectivity index (χ3v) is 3.58. The highest BCUT2D eigenvalue weighted by atomic mass is 16.5. The minimum absolute atomic E-state index is 0.796. The minimum atomic E-state index is 0.796. The molecule has 1 aromatic rings. The van der Waals surface area contributed by atoms with E-state index >= 15 is 0 Å². The zero-order valence-electron chi connectivity index (χ0n) is 15.4. The maximum absolute atomic E-state index is 5.34. The van der Waals surface area contributed by atoms with Gasteiger partial charge in [0, 0.05) is 32.8 Å². The van der Waals surface area contributed by atoms with Crippen LogP contribution in [-0.2, 0) is 11.2 Å². The number of nitrogens with one attached hydrogen (secondary N) is 2. The average molecular weight is 335 g/mol. The number of hydrogen-bond donors (Lipinski definition) is 2. The van der Waals surface area contributed by atoms with Gasteiger partial charge in [-0.25, -0.2) is 0 Å². The maximum atomic E-state index is 5.34. The van der Waals surface area contributed by atoms with Crippen LogP contribution in [0.25, 0.3) is 0 Å². The van der Waals surface area contributed by atoms with Gasteiger partial charge in [0.25, 0.3) is 0 Å². The number of hydrogen-bond acceptors (Lipinski definition) is 3. The quantitative estimate of drug-likeness (QED) is 0.350. The number of nitrogens with zero attached hydrogens (tertiary/aromatic N) is 1. The molecule has 5 heteroatoms. The van der Waals surface area contributed by atoms with Crippen molar-refractivity contribution in [1.29, 1.82) is 0 Å². The highest BCUT2D eigenvalue weighted by Crippen LogP contribution is 2.13. The van der Waals surface area contributed by atoms with Gasteiger partial charge in [-0.05, 0) is 57.2 Å². The Morgan fingerprint density at radius 3 is 2.75 bits per heavy atom. The van der Waals surface area contributed by atoms with Crippen LogP contribution in [0, 0.1) is 0 Å². The molecule has 0 aliphatic heterocycles. The van der Waals surface area contributed by atoms with Gasteiger partial charge in [-0.1, -0.05) is 12.1 Å². The molecular weight excluding hydrogens is 302 g/mol. The summed E-state index contributed by atoms with van der Waals surface area (Å²) in [5.41, 5.74) is 1.29. The lowest BCUT2D eigenvalue weighted by molar-refractivity contribution is 0.143. The fourth-order valence-electron chi connectivity index (χ4n) is 2.32. The van der Waals surface area contributed by atoms with Gasteiger partial charge in [0.05, 0.1) is 7.11 Å². The molecule has 0 heterocycles. The third kappa shape index (κ3) is 9.40. The Hall–Kier alpha value is -1.75. The van der Waals surface area contributed by atoms with Crippen molar-refractivity contribution in [2.75, 3.05) is 40.0 Å². The highest BCUT2D eigenvalue weighted by molar-refractivity contribution is 5.79. The number of ether oxygens (including phenoxy) is 2. The van der Waals surface area contributed by atoms with Gasteiger partial charge < -0.3 is 20.1 Å². The summed E-state index contributed by atoms with van der Waals surface area (Å²) >= 11 is 0. The summed E-state index contributed by atoms with van der Waals surface area (Å²) in [4.78, 5) is 4.64. The molecule has 2 N–H and O–H groups in total. The number of rotatable bonds is 12. The Morgan fingerprint density at radius 2 is 2.00 bits per heavy atom. The number of unbranched alkanes of at least 4 members (excludes halogenated alkanes) is 1. The van der Waals surface area contributed by atoms with Gasteiger partial charge in [-0.2, -0.15) is 0 Å². The molecule has 0 aliphatic carbocycles. The molecule has 1 aromatic carbocycles. The van der Waals surface area contributed by atoms with Crippen LogP contribution in [0.15, 0.2) is 29.3 Å². The van der Waals surface area contributed by atoms with Crippen LogP contribution >= 0.6 is 0 Å². The minimum Gasteiger partial charge on any atom is -0.497 e. The average Bonchev–Trinajstić information content (AvgIpc) is 2.61. The van der Waals surface area contributed by atoms with Gasteiger partial charge >= 0.3 is 0 Å². The molecule has 0 aromatic heterocycles. The summed E-state index contributed by atoms with van der Waals surface area (Å²) in [5.74, 6) is 1.82. The lowest BCUT2D eigenvalue weighted by Crippen LogP contribution is -2.38. The van der Waals surface area contributed by atoms with E-state index in [1.165, 1.54) is 5.56 Å².